The molecule has 5 heteroatoms. The Labute approximate surface area is 137 Å². The summed E-state index contributed by atoms with van der Waals surface area (Å²) < 4.78 is 5.35. The maximum atomic E-state index is 10.4. The molecule has 1 aliphatic rings. The van der Waals surface area contributed by atoms with Gasteiger partial charge >= 0.3 is 0 Å². The van der Waals surface area contributed by atoms with Crippen molar-refractivity contribution in [3.8, 4) is 0 Å². The van der Waals surface area contributed by atoms with Crippen LogP contribution < -0.4 is 4.90 Å². The number of para-hydroxylation sites is 1. The summed E-state index contributed by atoms with van der Waals surface area (Å²) in [6.07, 6.45) is 1.46. The molecule has 124 valence electrons. The molecule has 2 aromatic rings. The Kier molecular flexibility index (Phi) is 5.10. The van der Waals surface area contributed by atoms with Gasteiger partial charge in [0, 0.05) is 50.5 Å². The van der Waals surface area contributed by atoms with Gasteiger partial charge in [0.25, 0.3) is 0 Å². The Balaban J connectivity index is 1.70. The van der Waals surface area contributed by atoms with Gasteiger partial charge in [0.2, 0.25) is 0 Å². The van der Waals surface area contributed by atoms with E-state index in [4.69, 9.17) is 4.74 Å². The Hall–Kier alpha value is -1.69. The van der Waals surface area contributed by atoms with E-state index in [0.717, 1.165) is 42.9 Å². The van der Waals surface area contributed by atoms with E-state index in [0.29, 0.717) is 13.1 Å². The molecule has 3 rings (SSSR count). The number of hydrogen-bond acceptors (Lipinski definition) is 5. The Morgan fingerprint density at radius 2 is 2.09 bits per heavy atom. The Morgan fingerprint density at radius 1 is 1.30 bits per heavy atom. The van der Waals surface area contributed by atoms with Crippen LogP contribution in [0.2, 0.25) is 0 Å². The summed E-state index contributed by atoms with van der Waals surface area (Å²) in [6.45, 7) is 6.69. The highest BCUT2D eigenvalue weighted by Gasteiger charge is 2.17. The van der Waals surface area contributed by atoms with E-state index < -0.39 is 0 Å². The highest BCUT2D eigenvalue weighted by Crippen LogP contribution is 2.26. The number of aryl methyl sites for hydroxylation is 1. The molecule has 0 amide bonds. The molecule has 1 aliphatic heterocycles. The van der Waals surface area contributed by atoms with E-state index in [-0.39, 0.29) is 6.10 Å². The number of morpholine rings is 1. The van der Waals surface area contributed by atoms with Crippen LogP contribution in [-0.2, 0) is 4.74 Å². The lowest BCUT2D eigenvalue weighted by molar-refractivity contribution is 0.0163. The number of likely N-dealkylation sites (N-methyl/N-ethyl adjacent to an activating group) is 1. The van der Waals surface area contributed by atoms with E-state index in [9.17, 15) is 5.11 Å². The second-order valence-electron chi connectivity index (χ2n) is 6.25. The van der Waals surface area contributed by atoms with Crippen molar-refractivity contribution in [3.05, 3.63) is 36.0 Å². The van der Waals surface area contributed by atoms with E-state index in [2.05, 4.69) is 39.9 Å². The summed E-state index contributed by atoms with van der Waals surface area (Å²) in [5.74, 6) is 0. The number of hydrogen-bond donors (Lipinski definition) is 1. The summed E-state index contributed by atoms with van der Waals surface area (Å²) in [5, 5.41) is 11.6. The minimum atomic E-state index is -0.383. The molecule has 0 spiro atoms. The third-order valence-electron chi connectivity index (χ3n) is 4.42. The van der Waals surface area contributed by atoms with E-state index in [1.807, 2.05) is 19.3 Å². The number of aliphatic hydroxyl groups excluding tert-OH is 1. The predicted octanol–water partition coefficient (Wildman–Crippen LogP) is 1.67. The molecule has 0 saturated carbocycles. The van der Waals surface area contributed by atoms with Crippen molar-refractivity contribution in [1.29, 1.82) is 0 Å². The van der Waals surface area contributed by atoms with Crippen molar-refractivity contribution in [3.63, 3.8) is 0 Å². The zero-order valence-corrected chi connectivity index (χ0v) is 13.9. The van der Waals surface area contributed by atoms with Gasteiger partial charge in [-0.25, -0.2) is 0 Å². The topological polar surface area (TPSA) is 48.8 Å². The van der Waals surface area contributed by atoms with Crippen LogP contribution in [0.25, 0.3) is 10.9 Å². The molecular weight excluding hydrogens is 290 g/mol. The largest absolute Gasteiger partial charge is 0.390 e. The number of aromatic nitrogens is 1. The number of benzene rings is 1. The molecule has 1 N–H and O–H groups in total. The first-order chi connectivity index (χ1) is 11.1. The van der Waals surface area contributed by atoms with Crippen LogP contribution in [0, 0.1) is 6.92 Å². The van der Waals surface area contributed by atoms with Gasteiger partial charge in [0.15, 0.2) is 0 Å². The lowest BCUT2D eigenvalue weighted by Crippen LogP contribution is -2.44. The minimum Gasteiger partial charge on any atom is -0.390 e. The highest BCUT2D eigenvalue weighted by molar-refractivity contribution is 5.93. The fourth-order valence-electron chi connectivity index (χ4n) is 3.20. The molecule has 0 bridgehead atoms. The van der Waals surface area contributed by atoms with Crippen LogP contribution >= 0.6 is 0 Å². The average Bonchev–Trinajstić information content (AvgIpc) is 2.55. The Bertz CT molecular complexity index is 656. The molecular formula is C18H25N3O2. The highest BCUT2D eigenvalue weighted by atomic mass is 16.5. The van der Waals surface area contributed by atoms with E-state index in [1.165, 1.54) is 5.56 Å². The Morgan fingerprint density at radius 3 is 2.87 bits per heavy atom. The predicted molar refractivity (Wildman–Crippen MR) is 93.0 cm³/mol. The summed E-state index contributed by atoms with van der Waals surface area (Å²) >= 11 is 0. The molecule has 5 nitrogen and oxygen atoms in total. The van der Waals surface area contributed by atoms with E-state index >= 15 is 0 Å². The van der Waals surface area contributed by atoms with Crippen molar-refractivity contribution in [2.75, 3.05) is 51.3 Å². The van der Waals surface area contributed by atoms with Crippen molar-refractivity contribution < 1.29 is 9.84 Å². The summed E-state index contributed by atoms with van der Waals surface area (Å²) in [5.41, 5.74) is 3.31. The zero-order chi connectivity index (χ0) is 16.2. The smallest absolute Gasteiger partial charge is 0.0841 e. The van der Waals surface area contributed by atoms with Crippen LogP contribution in [-0.4, -0.2) is 67.5 Å². The van der Waals surface area contributed by atoms with Crippen molar-refractivity contribution >= 4 is 16.6 Å². The third kappa shape index (κ3) is 3.80. The molecule has 0 aliphatic carbocycles. The van der Waals surface area contributed by atoms with Crippen LogP contribution in [0.5, 0.6) is 0 Å². The first-order valence-corrected chi connectivity index (χ1v) is 8.19. The second-order valence-corrected chi connectivity index (χ2v) is 6.25. The molecule has 1 saturated heterocycles. The van der Waals surface area contributed by atoms with Crippen molar-refractivity contribution in [2.45, 2.75) is 13.0 Å². The number of ether oxygens (including phenoxy) is 1. The SMILES string of the molecule is Cc1cccc2c(N(C)CC(O)CN3CCOCC3)ccnc12. The van der Waals surface area contributed by atoms with Crippen LogP contribution in [0.4, 0.5) is 5.69 Å². The maximum Gasteiger partial charge on any atom is 0.0841 e. The summed E-state index contributed by atoms with van der Waals surface area (Å²) in [4.78, 5) is 8.87. The first-order valence-electron chi connectivity index (χ1n) is 8.19. The van der Waals surface area contributed by atoms with Gasteiger partial charge in [-0.1, -0.05) is 18.2 Å². The van der Waals surface area contributed by atoms with Crippen molar-refractivity contribution in [2.24, 2.45) is 0 Å². The van der Waals surface area contributed by atoms with Crippen LogP contribution in [0.15, 0.2) is 30.5 Å². The molecule has 2 heterocycles. The number of nitrogens with zero attached hydrogens (tertiary/aromatic N) is 3. The van der Waals surface area contributed by atoms with E-state index in [1.54, 1.807) is 0 Å². The normalized spacial score (nSPS) is 17.3. The van der Waals surface area contributed by atoms with Gasteiger partial charge in [-0.3, -0.25) is 9.88 Å². The third-order valence-corrected chi connectivity index (χ3v) is 4.42. The van der Waals surface area contributed by atoms with Crippen LogP contribution in [0.1, 0.15) is 5.56 Å². The fourth-order valence-corrected chi connectivity index (χ4v) is 3.20. The lowest BCUT2D eigenvalue weighted by Gasteiger charge is -2.30. The minimum absolute atomic E-state index is 0.383. The lowest BCUT2D eigenvalue weighted by atomic mass is 10.1. The quantitative estimate of drug-likeness (QED) is 0.909. The van der Waals surface area contributed by atoms with Gasteiger partial charge in [-0.15, -0.1) is 0 Å². The summed E-state index contributed by atoms with van der Waals surface area (Å²) in [6, 6.07) is 8.24. The van der Waals surface area contributed by atoms with Gasteiger partial charge < -0.3 is 14.7 Å². The molecule has 1 aromatic heterocycles. The number of β-amino-alcohol motifs (C(OH)–C–C–N with tert-alkyl or cyclic N) is 1. The monoisotopic (exact) mass is 315 g/mol. The number of anilines is 1. The van der Waals surface area contributed by atoms with Gasteiger partial charge in [-0.2, -0.15) is 0 Å². The molecule has 1 aromatic carbocycles. The zero-order valence-electron chi connectivity index (χ0n) is 13.9. The summed E-state index contributed by atoms with van der Waals surface area (Å²) in [7, 11) is 2.03. The fraction of sp³-hybridized carbons (Fsp3) is 0.500. The number of rotatable bonds is 5. The van der Waals surface area contributed by atoms with Crippen LogP contribution in [0.3, 0.4) is 0 Å². The molecule has 1 unspecified atom stereocenters. The number of pyridine rings is 1. The molecule has 23 heavy (non-hydrogen) atoms. The van der Waals surface area contributed by atoms with Gasteiger partial charge in [-0.05, 0) is 18.6 Å². The standard InChI is InChI=1S/C18H25N3O2/c1-14-4-3-5-16-17(6-7-19-18(14)16)20(2)12-15(22)13-21-8-10-23-11-9-21/h3-7,15,22H,8-13H2,1-2H3. The second kappa shape index (κ2) is 7.25. The van der Waals surface area contributed by atoms with Crippen molar-refractivity contribution in [1.82, 2.24) is 9.88 Å². The maximum absolute atomic E-state index is 10.4. The van der Waals surface area contributed by atoms with Gasteiger partial charge in [0.05, 0.1) is 24.8 Å². The average molecular weight is 315 g/mol. The molecule has 0 radical (unpaired) electrons. The first kappa shape index (κ1) is 16.2. The number of aliphatic hydroxyl groups is 1. The molecule has 1 fully saturated rings. The molecule has 1 atom stereocenters. The number of fused-ring (bicyclic) bond motifs is 1. The van der Waals surface area contributed by atoms with Gasteiger partial charge in [0.1, 0.15) is 0 Å².